The van der Waals surface area contributed by atoms with Crippen molar-refractivity contribution in [3.05, 3.63) is 17.5 Å². The second kappa shape index (κ2) is 4.80. The van der Waals surface area contributed by atoms with Crippen LogP contribution in [0.25, 0.3) is 0 Å². The van der Waals surface area contributed by atoms with Crippen LogP contribution in [0.2, 0.25) is 0 Å². The Morgan fingerprint density at radius 1 is 1.73 bits per heavy atom. The van der Waals surface area contributed by atoms with Gasteiger partial charge in [-0.25, -0.2) is 0 Å². The van der Waals surface area contributed by atoms with Crippen LogP contribution in [0.5, 0.6) is 0 Å². The van der Waals surface area contributed by atoms with E-state index in [1.54, 1.807) is 18.4 Å². The van der Waals surface area contributed by atoms with E-state index in [0.29, 0.717) is 6.10 Å². The van der Waals surface area contributed by atoms with Crippen LogP contribution in [0, 0.1) is 0 Å². The number of hydrogen-bond acceptors (Lipinski definition) is 3. The highest BCUT2D eigenvalue weighted by Crippen LogP contribution is 2.24. The van der Waals surface area contributed by atoms with Crippen LogP contribution in [0.15, 0.2) is 21.7 Å². The molecule has 0 fully saturated rings. The molecule has 11 heavy (non-hydrogen) atoms. The fourth-order valence-electron chi connectivity index (χ4n) is 0.613. The molecule has 0 aromatic carbocycles. The van der Waals surface area contributed by atoms with Gasteiger partial charge in [0, 0.05) is 12.9 Å². The Morgan fingerprint density at radius 2 is 2.55 bits per heavy atom. The maximum atomic E-state index is 5.13. The minimum absolute atomic E-state index is 0.349. The predicted molar refractivity (Wildman–Crippen MR) is 51.5 cm³/mol. The Bertz CT molecular complexity index is 184. The zero-order valence-electron chi connectivity index (χ0n) is 6.74. The van der Waals surface area contributed by atoms with Gasteiger partial charge in [-0.2, -0.15) is 0 Å². The summed E-state index contributed by atoms with van der Waals surface area (Å²) in [7, 11) is 1.75. The first-order valence-electron chi connectivity index (χ1n) is 3.52. The zero-order valence-corrected chi connectivity index (χ0v) is 8.37. The van der Waals surface area contributed by atoms with Crippen LogP contribution in [0.3, 0.4) is 0 Å². The lowest BCUT2D eigenvalue weighted by atomic mass is 10.5. The summed E-state index contributed by atoms with van der Waals surface area (Å²) in [5, 5.41) is 2.10. The maximum absolute atomic E-state index is 5.13. The van der Waals surface area contributed by atoms with Crippen molar-refractivity contribution in [2.45, 2.75) is 17.2 Å². The van der Waals surface area contributed by atoms with Gasteiger partial charge in [0.1, 0.15) is 0 Å². The molecule has 0 N–H and O–H groups in total. The van der Waals surface area contributed by atoms with E-state index in [1.807, 2.05) is 11.8 Å². The van der Waals surface area contributed by atoms with Crippen LogP contribution in [0.1, 0.15) is 6.92 Å². The molecule has 0 radical (unpaired) electrons. The largest absolute Gasteiger partial charge is 0.381 e. The summed E-state index contributed by atoms with van der Waals surface area (Å²) in [6, 6.07) is 4.21. The molecule has 62 valence electrons. The Balaban J connectivity index is 2.23. The number of rotatable bonds is 4. The number of ether oxygens (including phenoxy) is 1. The topological polar surface area (TPSA) is 9.23 Å². The first-order chi connectivity index (χ1) is 5.33. The van der Waals surface area contributed by atoms with Gasteiger partial charge in [-0.3, -0.25) is 0 Å². The molecule has 1 aromatic heterocycles. The molecule has 1 rings (SSSR count). The minimum Gasteiger partial charge on any atom is -0.381 e. The number of thioether (sulfide) groups is 1. The number of methoxy groups -OCH3 is 1. The number of hydrogen-bond donors (Lipinski definition) is 0. The summed E-state index contributed by atoms with van der Waals surface area (Å²) in [5.74, 6) is 1.04. The average molecular weight is 188 g/mol. The van der Waals surface area contributed by atoms with Gasteiger partial charge < -0.3 is 4.74 Å². The van der Waals surface area contributed by atoms with Crippen molar-refractivity contribution in [3.63, 3.8) is 0 Å². The molecule has 1 aromatic rings. The fourth-order valence-corrected chi connectivity index (χ4v) is 2.41. The Kier molecular flexibility index (Phi) is 3.97. The summed E-state index contributed by atoms with van der Waals surface area (Å²) < 4.78 is 6.50. The van der Waals surface area contributed by atoms with E-state index in [9.17, 15) is 0 Å². The minimum atomic E-state index is 0.349. The first kappa shape index (κ1) is 9.10. The Morgan fingerprint density at radius 3 is 3.09 bits per heavy atom. The third kappa shape index (κ3) is 3.27. The van der Waals surface area contributed by atoms with Crippen molar-refractivity contribution in [1.82, 2.24) is 0 Å². The molecule has 0 spiro atoms. The maximum Gasteiger partial charge on any atom is 0.0637 e. The normalized spacial score (nSPS) is 13.3. The van der Waals surface area contributed by atoms with Gasteiger partial charge in [0.05, 0.1) is 10.3 Å². The van der Waals surface area contributed by atoms with Gasteiger partial charge in [-0.1, -0.05) is 6.07 Å². The molecular weight excluding hydrogens is 176 g/mol. The fraction of sp³-hybridized carbons (Fsp3) is 0.500. The van der Waals surface area contributed by atoms with Crippen LogP contribution in [-0.2, 0) is 4.74 Å². The molecule has 0 amide bonds. The van der Waals surface area contributed by atoms with E-state index in [1.165, 1.54) is 4.21 Å². The van der Waals surface area contributed by atoms with Gasteiger partial charge in [-0.05, 0) is 18.4 Å². The van der Waals surface area contributed by atoms with E-state index < -0.39 is 0 Å². The molecule has 1 atom stereocenters. The van der Waals surface area contributed by atoms with E-state index in [2.05, 4.69) is 24.4 Å². The van der Waals surface area contributed by atoms with Crippen molar-refractivity contribution >= 4 is 23.1 Å². The highest BCUT2D eigenvalue weighted by atomic mass is 32.2. The van der Waals surface area contributed by atoms with Crippen LogP contribution < -0.4 is 0 Å². The first-order valence-corrected chi connectivity index (χ1v) is 5.38. The summed E-state index contributed by atoms with van der Waals surface area (Å²) >= 11 is 3.64. The van der Waals surface area contributed by atoms with Gasteiger partial charge in [0.25, 0.3) is 0 Å². The summed E-state index contributed by atoms with van der Waals surface area (Å²) in [6.45, 7) is 2.08. The van der Waals surface area contributed by atoms with Gasteiger partial charge in [0.15, 0.2) is 0 Å². The van der Waals surface area contributed by atoms with Crippen molar-refractivity contribution in [1.29, 1.82) is 0 Å². The van der Waals surface area contributed by atoms with Crippen LogP contribution in [0.4, 0.5) is 0 Å². The molecule has 0 aliphatic heterocycles. The zero-order chi connectivity index (χ0) is 8.10. The summed E-state index contributed by atoms with van der Waals surface area (Å²) in [5.41, 5.74) is 0. The molecule has 0 bridgehead atoms. The monoisotopic (exact) mass is 188 g/mol. The van der Waals surface area contributed by atoms with E-state index >= 15 is 0 Å². The third-order valence-electron chi connectivity index (χ3n) is 1.36. The molecule has 1 unspecified atom stereocenters. The van der Waals surface area contributed by atoms with E-state index in [-0.39, 0.29) is 0 Å². The highest BCUT2D eigenvalue weighted by molar-refractivity contribution is 8.01. The SMILES string of the molecule is COC(C)CSc1cccs1. The Labute approximate surface area is 75.8 Å². The molecular formula is C8H12OS2. The second-order valence-electron chi connectivity index (χ2n) is 2.29. The van der Waals surface area contributed by atoms with Crippen molar-refractivity contribution in [2.75, 3.05) is 12.9 Å². The molecule has 0 aliphatic rings. The quantitative estimate of drug-likeness (QED) is 0.672. The molecule has 0 saturated heterocycles. The molecule has 1 nitrogen and oxygen atoms in total. The van der Waals surface area contributed by atoms with E-state index in [0.717, 1.165) is 5.75 Å². The Hall–Kier alpha value is 0.01000. The number of thiophene rings is 1. The average Bonchev–Trinajstić information content (AvgIpc) is 2.52. The second-order valence-corrected chi connectivity index (χ2v) is 4.56. The van der Waals surface area contributed by atoms with E-state index in [4.69, 9.17) is 4.74 Å². The predicted octanol–water partition coefficient (Wildman–Crippen LogP) is 2.88. The lowest BCUT2D eigenvalue weighted by molar-refractivity contribution is 0.138. The summed E-state index contributed by atoms with van der Waals surface area (Å²) in [4.78, 5) is 0. The van der Waals surface area contributed by atoms with Gasteiger partial charge in [0.2, 0.25) is 0 Å². The standard InChI is InChI=1S/C8H12OS2/c1-7(9-2)6-11-8-4-3-5-10-8/h3-5,7H,6H2,1-2H3. The molecule has 0 aliphatic carbocycles. The lowest BCUT2D eigenvalue weighted by Crippen LogP contribution is -2.06. The molecule has 3 heteroatoms. The third-order valence-corrected chi connectivity index (χ3v) is 3.72. The summed E-state index contributed by atoms with van der Waals surface area (Å²) in [6.07, 6.45) is 0.349. The van der Waals surface area contributed by atoms with Gasteiger partial charge in [-0.15, -0.1) is 23.1 Å². The van der Waals surface area contributed by atoms with Gasteiger partial charge >= 0.3 is 0 Å². The van der Waals surface area contributed by atoms with Crippen LogP contribution in [-0.4, -0.2) is 19.0 Å². The molecule has 0 saturated carbocycles. The smallest absolute Gasteiger partial charge is 0.0637 e. The molecule has 1 heterocycles. The van der Waals surface area contributed by atoms with Crippen molar-refractivity contribution in [3.8, 4) is 0 Å². The van der Waals surface area contributed by atoms with Crippen LogP contribution >= 0.6 is 23.1 Å². The lowest BCUT2D eigenvalue weighted by Gasteiger charge is -2.06. The van der Waals surface area contributed by atoms with Crippen molar-refractivity contribution < 1.29 is 4.74 Å². The highest BCUT2D eigenvalue weighted by Gasteiger charge is 2.00. The van der Waals surface area contributed by atoms with Crippen molar-refractivity contribution in [2.24, 2.45) is 0 Å².